The Kier molecular flexibility index (Phi) is 7.33. The van der Waals surface area contributed by atoms with Crippen molar-refractivity contribution in [2.24, 2.45) is 0 Å². The molecule has 7 nitrogen and oxygen atoms in total. The lowest BCUT2D eigenvalue weighted by atomic mass is 10.0. The van der Waals surface area contributed by atoms with Crippen LogP contribution >= 0.6 is 11.6 Å². The molecule has 0 amide bonds. The third-order valence-electron chi connectivity index (χ3n) is 5.05. The minimum Gasteiger partial charge on any atom is -0.478 e. The molecular formula is C24H13ClF7N5O2. The number of halogens is 8. The maximum Gasteiger partial charge on any atom is 0.435 e. The molecule has 0 bridgehead atoms. The smallest absolute Gasteiger partial charge is 0.435 e. The zero-order valence-electron chi connectivity index (χ0n) is 19.0. The third kappa shape index (κ3) is 6.34. The van der Waals surface area contributed by atoms with Gasteiger partial charge in [0.1, 0.15) is 5.82 Å². The first-order valence-corrected chi connectivity index (χ1v) is 11.0. The molecule has 0 unspecified atom stereocenters. The second kappa shape index (κ2) is 10.4. The summed E-state index contributed by atoms with van der Waals surface area (Å²) in [5.41, 5.74) is -3.13. The van der Waals surface area contributed by atoms with Crippen LogP contribution in [0.1, 0.15) is 17.0 Å². The molecule has 0 radical (unpaired) electrons. The van der Waals surface area contributed by atoms with Gasteiger partial charge in [0.05, 0.1) is 5.02 Å². The van der Waals surface area contributed by atoms with Gasteiger partial charge in [-0.15, -0.1) is 0 Å². The molecule has 0 atom stereocenters. The summed E-state index contributed by atoms with van der Waals surface area (Å²) in [4.78, 5) is 18.9. The fourth-order valence-corrected chi connectivity index (χ4v) is 3.54. The molecule has 15 heteroatoms. The first-order valence-electron chi connectivity index (χ1n) is 10.6. The van der Waals surface area contributed by atoms with E-state index in [4.69, 9.17) is 16.7 Å². The van der Waals surface area contributed by atoms with Gasteiger partial charge >= 0.3 is 18.3 Å². The van der Waals surface area contributed by atoms with E-state index in [9.17, 15) is 35.5 Å². The number of carbonyl (C=O) groups is 1. The van der Waals surface area contributed by atoms with Crippen molar-refractivity contribution in [3.05, 3.63) is 88.6 Å². The van der Waals surface area contributed by atoms with E-state index < -0.39 is 41.3 Å². The van der Waals surface area contributed by atoms with Gasteiger partial charge in [-0.25, -0.2) is 18.9 Å². The van der Waals surface area contributed by atoms with E-state index >= 15 is 0 Å². The molecule has 2 aromatic carbocycles. The zero-order valence-corrected chi connectivity index (χ0v) is 19.8. The average Bonchev–Trinajstić information content (AvgIpc) is 3.32. The van der Waals surface area contributed by atoms with Gasteiger partial charge < -0.3 is 10.4 Å². The molecule has 0 aliphatic carbocycles. The van der Waals surface area contributed by atoms with Gasteiger partial charge in [0, 0.05) is 29.6 Å². The highest BCUT2D eigenvalue weighted by molar-refractivity contribution is 6.31. The van der Waals surface area contributed by atoms with Gasteiger partial charge in [0.25, 0.3) is 0 Å². The number of nitrogens with zero attached hydrogens (tertiary/aromatic N) is 4. The molecule has 2 aromatic heterocycles. The van der Waals surface area contributed by atoms with Crippen molar-refractivity contribution in [2.45, 2.75) is 12.4 Å². The largest absolute Gasteiger partial charge is 0.478 e. The molecule has 0 saturated heterocycles. The number of carboxylic acids is 1. The van der Waals surface area contributed by atoms with Crippen molar-refractivity contribution in [3.8, 4) is 16.9 Å². The van der Waals surface area contributed by atoms with E-state index in [-0.39, 0.29) is 38.5 Å². The fourth-order valence-electron chi connectivity index (χ4n) is 3.36. The van der Waals surface area contributed by atoms with Crippen molar-refractivity contribution in [3.63, 3.8) is 0 Å². The highest BCUT2D eigenvalue weighted by Gasteiger charge is 2.43. The molecule has 2 heterocycles. The van der Waals surface area contributed by atoms with Crippen LogP contribution in [-0.2, 0) is 17.1 Å². The van der Waals surface area contributed by atoms with Crippen molar-refractivity contribution >= 4 is 35.3 Å². The highest BCUT2D eigenvalue weighted by Crippen LogP contribution is 2.38. The monoisotopic (exact) mass is 571 g/mol. The SMILES string of the molecule is O=C(O)/C=C/c1cccc(-c2cnc(Nc3ccc(F)c(Cl)c3)nc2-n2nc(C(F)(F)F)cc2C(F)(F)F)c1. The number of nitrogens with one attached hydrogen (secondary N) is 1. The summed E-state index contributed by atoms with van der Waals surface area (Å²) < 4.78 is 95.1. The first-order chi connectivity index (χ1) is 18.2. The molecule has 0 fully saturated rings. The first kappa shape index (κ1) is 27.6. The number of hydrogen-bond donors (Lipinski definition) is 2. The Bertz CT molecular complexity index is 1580. The molecule has 0 aliphatic heterocycles. The Labute approximate surface area is 219 Å². The maximum absolute atomic E-state index is 13.8. The Morgan fingerprint density at radius 1 is 1.03 bits per heavy atom. The summed E-state index contributed by atoms with van der Waals surface area (Å²) in [5.74, 6) is -3.05. The predicted molar refractivity (Wildman–Crippen MR) is 126 cm³/mol. The topological polar surface area (TPSA) is 92.9 Å². The van der Waals surface area contributed by atoms with Crippen LogP contribution < -0.4 is 5.32 Å². The van der Waals surface area contributed by atoms with E-state index in [0.717, 1.165) is 24.4 Å². The normalized spacial score (nSPS) is 12.2. The molecular weight excluding hydrogens is 559 g/mol. The molecule has 202 valence electrons. The van der Waals surface area contributed by atoms with Crippen LogP contribution in [0.15, 0.2) is 60.8 Å². The number of anilines is 2. The fraction of sp³-hybridized carbons (Fsp3) is 0.0833. The predicted octanol–water partition coefficient (Wildman–Crippen LogP) is 7.00. The number of carboxylic acid groups (broad SMARTS) is 1. The number of rotatable bonds is 6. The Morgan fingerprint density at radius 3 is 2.41 bits per heavy atom. The Morgan fingerprint density at radius 2 is 1.77 bits per heavy atom. The maximum atomic E-state index is 13.8. The molecule has 4 aromatic rings. The van der Waals surface area contributed by atoms with Crippen molar-refractivity contribution in [1.29, 1.82) is 0 Å². The summed E-state index contributed by atoms with van der Waals surface area (Å²) in [6, 6.07) is 8.95. The van der Waals surface area contributed by atoms with Crippen LogP contribution in [0.5, 0.6) is 0 Å². The molecule has 0 aliphatic rings. The van der Waals surface area contributed by atoms with E-state index in [1.807, 2.05) is 0 Å². The number of hydrogen-bond acceptors (Lipinski definition) is 5. The number of aromatic nitrogens is 4. The van der Waals surface area contributed by atoms with Crippen LogP contribution in [0.25, 0.3) is 23.0 Å². The van der Waals surface area contributed by atoms with Crippen LogP contribution in [0.3, 0.4) is 0 Å². The van der Waals surface area contributed by atoms with Gasteiger partial charge in [0.2, 0.25) is 5.95 Å². The Balaban J connectivity index is 1.93. The van der Waals surface area contributed by atoms with Gasteiger partial charge in [-0.2, -0.15) is 36.4 Å². The zero-order chi connectivity index (χ0) is 28.5. The summed E-state index contributed by atoms with van der Waals surface area (Å²) in [6.45, 7) is 0. The van der Waals surface area contributed by atoms with E-state index in [0.29, 0.717) is 5.56 Å². The van der Waals surface area contributed by atoms with Crippen molar-refractivity contribution in [1.82, 2.24) is 19.7 Å². The van der Waals surface area contributed by atoms with Crippen LogP contribution in [0, 0.1) is 5.82 Å². The van der Waals surface area contributed by atoms with Gasteiger partial charge in [0.15, 0.2) is 17.2 Å². The van der Waals surface area contributed by atoms with Crippen LogP contribution in [0.2, 0.25) is 5.02 Å². The van der Waals surface area contributed by atoms with Crippen molar-refractivity contribution in [2.75, 3.05) is 5.32 Å². The van der Waals surface area contributed by atoms with Crippen LogP contribution in [-0.4, -0.2) is 30.8 Å². The summed E-state index contributed by atoms with van der Waals surface area (Å²) >= 11 is 5.75. The minimum atomic E-state index is -5.26. The van der Waals surface area contributed by atoms with Gasteiger partial charge in [-0.1, -0.05) is 29.8 Å². The van der Waals surface area contributed by atoms with Gasteiger partial charge in [-0.05, 0) is 41.5 Å². The van der Waals surface area contributed by atoms with Crippen LogP contribution in [0.4, 0.5) is 42.4 Å². The second-order valence-electron chi connectivity index (χ2n) is 7.80. The summed E-state index contributed by atoms with van der Waals surface area (Å²) in [7, 11) is 0. The van der Waals surface area contributed by atoms with E-state index in [1.165, 1.54) is 36.4 Å². The lowest BCUT2D eigenvalue weighted by Crippen LogP contribution is -2.16. The molecule has 0 spiro atoms. The lowest BCUT2D eigenvalue weighted by Gasteiger charge is -2.15. The lowest BCUT2D eigenvalue weighted by molar-refractivity contribution is -0.143. The van der Waals surface area contributed by atoms with Gasteiger partial charge in [-0.3, -0.25) is 0 Å². The van der Waals surface area contributed by atoms with Crippen molar-refractivity contribution < 1.29 is 40.6 Å². The second-order valence-corrected chi connectivity index (χ2v) is 8.21. The quantitative estimate of drug-likeness (QED) is 0.191. The standard InChI is InChI=1S/C24H13ClF7N5O2/c25-16-9-14(5-6-17(16)26)34-22-33-11-15(13-3-1-2-12(8-13)4-7-20(38)39)21(35-22)37-19(24(30,31)32)10-18(36-37)23(27,28)29/h1-11H,(H,38,39)(H,33,34,35)/b7-4+. The Hall–Kier alpha value is -4.46. The minimum absolute atomic E-state index is 0.00240. The third-order valence-corrected chi connectivity index (χ3v) is 5.34. The molecule has 4 rings (SSSR count). The number of alkyl halides is 6. The van der Waals surface area contributed by atoms with E-state index in [1.54, 1.807) is 0 Å². The summed E-state index contributed by atoms with van der Waals surface area (Å²) in [5, 5.41) is 14.3. The molecule has 39 heavy (non-hydrogen) atoms. The average molecular weight is 572 g/mol. The highest BCUT2D eigenvalue weighted by atomic mass is 35.5. The number of benzene rings is 2. The number of aliphatic carboxylic acids is 1. The molecule has 2 N–H and O–H groups in total. The molecule has 0 saturated carbocycles. The summed E-state index contributed by atoms with van der Waals surface area (Å²) in [6.07, 6.45) is -7.39. The van der Waals surface area contributed by atoms with E-state index in [2.05, 4.69) is 20.4 Å².